The predicted octanol–water partition coefficient (Wildman–Crippen LogP) is 5.33. The lowest BCUT2D eigenvalue weighted by molar-refractivity contribution is 0.0945. The summed E-state index contributed by atoms with van der Waals surface area (Å²) >= 11 is 0. The molecule has 0 aliphatic heterocycles. The van der Waals surface area contributed by atoms with Crippen LogP contribution in [-0.2, 0) is 11.8 Å². The SMILES string of the molecule is COc1ccc(-c2nc3nccc(-c4ccc(CCC(=O)c5nnc(C(C)(C)C)o5)c(F)c4)c3[nH]2)nc1. The van der Waals surface area contributed by atoms with E-state index >= 15 is 4.39 Å². The smallest absolute Gasteiger partial charge is 0.284 e. The van der Waals surface area contributed by atoms with Crippen molar-refractivity contribution < 1.29 is 18.3 Å². The number of nitrogens with zero attached hydrogens (tertiary/aromatic N) is 5. The molecule has 4 aromatic heterocycles. The zero-order valence-corrected chi connectivity index (χ0v) is 20.9. The number of imidazole rings is 1. The van der Waals surface area contributed by atoms with Crippen molar-refractivity contribution in [1.82, 2.24) is 30.1 Å². The molecule has 0 bridgehead atoms. The number of hydrogen-bond acceptors (Lipinski definition) is 8. The summed E-state index contributed by atoms with van der Waals surface area (Å²) in [5, 5.41) is 7.79. The van der Waals surface area contributed by atoms with Crippen molar-refractivity contribution in [3.05, 3.63) is 72.0 Å². The fraction of sp³-hybridized carbons (Fsp3) is 0.259. The Hall–Kier alpha value is -4.47. The molecule has 5 rings (SSSR count). The molecule has 188 valence electrons. The van der Waals surface area contributed by atoms with E-state index in [0.717, 1.165) is 5.56 Å². The normalized spacial score (nSPS) is 11.7. The van der Waals surface area contributed by atoms with Gasteiger partial charge in [-0.3, -0.25) is 4.79 Å². The minimum atomic E-state index is -0.410. The quantitative estimate of drug-likeness (QED) is 0.298. The summed E-state index contributed by atoms with van der Waals surface area (Å²) in [6.07, 6.45) is 3.50. The lowest BCUT2D eigenvalue weighted by atomic mass is 9.97. The Labute approximate surface area is 212 Å². The van der Waals surface area contributed by atoms with Crippen LogP contribution in [0.2, 0.25) is 0 Å². The minimum Gasteiger partial charge on any atom is -0.495 e. The van der Waals surface area contributed by atoms with Gasteiger partial charge in [0.1, 0.15) is 17.3 Å². The van der Waals surface area contributed by atoms with Crippen LogP contribution in [0, 0.1) is 5.82 Å². The highest BCUT2D eigenvalue weighted by Gasteiger charge is 2.24. The first-order valence-electron chi connectivity index (χ1n) is 11.7. The molecule has 0 aliphatic carbocycles. The van der Waals surface area contributed by atoms with E-state index in [9.17, 15) is 4.79 Å². The topological polar surface area (TPSA) is 120 Å². The molecule has 1 aromatic carbocycles. The summed E-state index contributed by atoms with van der Waals surface area (Å²) < 4.78 is 25.7. The maximum absolute atomic E-state index is 15.1. The van der Waals surface area contributed by atoms with E-state index in [1.54, 1.807) is 43.8 Å². The molecule has 4 heterocycles. The van der Waals surface area contributed by atoms with Crippen LogP contribution in [0.5, 0.6) is 5.75 Å². The largest absolute Gasteiger partial charge is 0.495 e. The molecule has 0 saturated heterocycles. The molecule has 0 radical (unpaired) electrons. The summed E-state index contributed by atoms with van der Waals surface area (Å²) in [6, 6.07) is 10.3. The first-order valence-corrected chi connectivity index (χ1v) is 11.7. The molecule has 0 atom stereocenters. The molecular weight excluding hydrogens is 475 g/mol. The maximum Gasteiger partial charge on any atom is 0.284 e. The number of aromatic amines is 1. The number of aromatic nitrogens is 6. The van der Waals surface area contributed by atoms with Crippen molar-refractivity contribution in [2.45, 2.75) is 39.0 Å². The molecule has 0 spiro atoms. The Bertz CT molecular complexity index is 1580. The molecule has 10 heteroatoms. The third kappa shape index (κ3) is 4.95. The second kappa shape index (κ2) is 9.53. The number of rotatable bonds is 7. The van der Waals surface area contributed by atoms with Gasteiger partial charge < -0.3 is 14.1 Å². The third-order valence-corrected chi connectivity index (χ3v) is 5.90. The van der Waals surface area contributed by atoms with Crippen LogP contribution in [0.15, 0.2) is 53.2 Å². The zero-order chi connectivity index (χ0) is 26.2. The fourth-order valence-electron chi connectivity index (χ4n) is 3.83. The highest BCUT2D eigenvalue weighted by Crippen LogP contribution is 2.30. The lowest BCUT2D eigenvalue weighted by Crippen LogP contribution is -2.11. The molecule has 37 heavy (non-hydrogen) atoms. The molecule has 5 aromatic rings. The van der Waals surface area contributed by atoms with E-state index in [2.05, 4.69) is 30.1 Å². The standard InChI is InChI=1S/C27H25FN6O3/c1-27(2,3)26-34-33-25(37-26)21(35)10-7-15-5-6-16(13-19(15)28)18-11-12-29-24-22(18)31-23(32-24)20-9-8-17(36-4)14-30-20/h5-6,8-9,11-14H,7,10H2,1-4H3,(H,29,31,32). The number of Topliss-reactive ketones (excluding diaryl/α,β-unsaturated/α-hetero) is 1. The van der Waals surface area contributed by atoms with E-state index in [-0.39, 0.29) is 29.9 Å². The highest BCUT2D eigenvalue weighted by atomic mass is 19.1. The van der Waals surface area contributed by atoms with Gasteiger partial charge in [-0.1, -0.05) is 32.9 Å². The highest BCUT2D eigenvalue weighted by molar-refractivity contribution is 5.92. The number of hydrogen-bond donors (Lipinski definition) is 1. The van der Waals surface area contributed by atoms with Crippen LogP contribution in [0.4, 0.5) is 4.39 Å². The van der Waals surface area contributed by atoms with Crippen molar-refractivity contribution in [3.8, 4) is 28.4 Å². The molecule has 0 amide bonds. The number of H-pyrrole nitrogens is 1. The Morgan fingerprint density at radius 3 is 2.62 bits per heavy atom. The molecule has 0 unspecified atom stereocenters. The maximum atomic E-state index is 15.1. The fourth-order valence-corrected chi connectivity index (χ4v) is 3.83. The molecule has 1 N–H and O–H groups in total. The second-order valence-electron chi connectivity index (χ2n) is 9.62. The number of methoxy groups -OCH3 is 1. The molecule has 0 saturated carbocycles. The lowest BCUT2D eigenvalue weighted by Gasteiger charge is -2.10. The number of halogens is 1. The number of ketones is 1. The number of carbonyl (C=O) groups excluding carboxylic acids is 1. The Balaban J connectivity index is 1.35. The van der Waals surface area contributed by atoms with Gasteiger partial charge in [0.15, 0.2) is 11.5 Å². The van der Waals surface area contributed by atoms with Crippen LogP contribution >= 0.6 is 0 Å². The molecule has 0 aliphatic rings. The van der Waals surface area contributed by atoms with E-state index < -0.39 is 5.82 Å². The van der Waals surface area contributed by atoms with Gasteiger partial charge in [0, 0.05) is 23.6 Å². The third-order valence-electron chi connectivity index (χ3n) is 5.90. The predicted molar refractivity (Wildman–Crippen MR) is 135 cm³/mol. The van der Waals surface area contributed by atoms with Crippen LogP contribution in [0.3, 0.4) is 0 Å². The average Bonchev–Trinajstić information content (AvgIpc) is 3.56. The van der Waals surface area contributed by atoms with E-state index in [4.69, 9.17) is 9.15 Å². The van der Waals surface area contributed by atoms with Gasteiger partial charge in [-0.2, -0.15) is 0 Å². The summed E-state index contributed by atoms with van der Waals surface area (Å²) in [5.74, 6) is 0.793. The minimum absolute atomic E-state index is 0.0532. The van der Waals surface area contributed by atoms with E-state index in [1.165, 1.54) is 6.07 Å². The number of ether oxygens (including phenoxy) is 1. The van der Waals surface area contributed by atoms with Crippen LogP contribution in [0.1, 0.15) is 49.3 Å². The summed E-state index contributed by atoms with van der Waals surface area (Å²) in [6.45, 7) is 5.76. The van der Waals surface area contributed by atoms with Gasteiger partial charge in [0.05, 0.1) is 18.8 Å². The number of benzene rings is 1. The summed E-state index contributed by atoms with van der Waals surface area (Å²) in [5.41, 5.74) is 3.27. The van der Waals surface area contributed by atoms with Crippen molar-refractivity contribution in [2.24, 2.45) is 0 Å². The Kier molecular flexibility index (Phi) is 6.24. The van der Waals surface area contributed by atoms with Crippen LogP contribution in [0.25, 0.3) is 33.8 Å². The number of nitrogens with one attached hydrogen (secondary N) is 1. The van der Waals surface area contributed by atoms with Gasteiger partial charge in [-0.05, 0) is 41.8 Å². The zero-order valence-electron chi connectivity index (χ0n) is 20.9. The molecule has 9 nitrogen and oxygen atoms in total. The second-order valence-corrected chi connectivity index (χ2v) is 9.62. The number of carbonyl (C=O) groups is 1. The van der Waals surface area contributed by atoms with Crippen molar-refractivity contribution in [3.63, 3.8) is 0 Å². The van der Waals surface area contributed by atoms with Crippen LogP contribution < -0.4 is 4.74 Å². The first kappa shape index (κ1) is 24.2. The van der Waals surface area contributed by atoms with Crippen LogP contribution in [-0.4, -0.2) is 43.0 Å². The molecule has 0 fully saturated rings. The van der Waals surface area contributed by atoms with Gasteiger partial charge in [0.25, 0.3) is 5.89 Å². The van der Waals surface area contributed by atoms with Gasteiger partial charge in [-0.15, -0.1) is 10.2 Å². The van der Waals surface area contributed by atoms with E-state index in [1.807, 2.05) is 26.8 Å². The Morgan fingerprint density at radius 2 is 1.95 bits per heavy atom. The monoisotopic (exact) mass is 500 g/mol. The van der Waals surface area contributed by atoms with Gasteiger partial charge >= 0.3 is 0 Å². The summed E-state index contributed by atoms with van der Waals surface area (Å²) in [4.78, 5) is 29.0. The number of fused-ring (bicyclic) bond motifs is 1. The van der Waals surface area contributed by atoms with Gasteiger partial charge in [-0.25, -0.2) is 19.3 Å². The van der Waals surface area contributed by atoms with Crippen molar-refractivity contribution >= 4 is 16.9 Å². The Morgan fingerprint density at radius 1 is 1.11 bits per heavy atom. The molecular formula is C27H25FN6O3. The summed E-state index contributed by atoms with van der Waals surface area (Å²) in [7, 11) is 1.58. The number of aryl methyl sites for hydroxylation is 1. The average molecular weight is 501 g/mol. The number of pyridine rings is 2. The van der Waals surface area contributed by atoms with E-state index in [0.29, 0.717) is 45.4 Å². The van der Waals surface area contributed by atoms with Gasteiger partial charge in [0.2, 0.25) is 11.7 Å². The van der Waals surface area contributed by atoms with Crippen molar-refractivity contribution in [1.29, 1.82) is 0 Å². The first-order chi connectivity index (χ1) is 17.7. The van der Waals surface area contributed by atoms with Crippen molar-refractivity contribution in [2.75, 3.05) is 7.11 Å².